The van der Waals surface area contributed by atoms with E-state index in [-0.39, 0.29) is 18.2 Å². The third-order valence-electron chi connectivity index (χ3n) is 1.15. The van der Waals surface area contributed by atoms with Gasteiger partial charge >= 0.3 is 5.97 Å². The molecule has 0 fully saturated rings. The van der Waals surface area contributed by atoms with E-state index in [1.807, 2.05) is 0 Å². The topological polar surface area (TPSA) is 81.1 Å². The Morgan fingerprint density at radius 2 is 2.46 bits per heavy atom. The fourth-order valence-corrected chi connectivity index (χ4v) is 1.39. The van der Waals surface area contributed by atoms with Crippen molar-refractivity contribution in [1.29, 1.82) is 0 Å². The van der Waals surface area contributed by atoms with Crippen LogP contribution in [0.4, 0.5) is 5.69 Å². The molecule has 1 aromatic rings. The first-order chi connectivity index (χ1) is 5.59. The van der Waals surface area contributed by atoms with Crippen LogP contribution >= 0.6 is 24.2 Å². The number of thioether (sulfide) groups is 1. The zero-order chi connectivity index (χ0) is 9.14. The molecule has 7 heteroatoms. The molecule has 0 bridgehead atoms. The monoisotopic (exact) mass is 223 g/mol. The molecular weight excluding hydrogens is 214 g/mol. The van der Waals surface area contributed by atoms with E-state index in [4.69, 9.17) is 10.8 Å². The van der Waals surface area contributed by atoms with Crippen LogP contribution in [0.5, 0.6) is 0 Å². The summed E-state index contributed by atoms with van der Waals surface area (Å²) in [5.74, 6) is -0.883. The Labute approximate surface area is 85.7 Å². The van der Waals surface area contributed by atoms with E-state index in [2.05, 4.69) is 5.10 Å². The Morgan fingerprint density at radius 1 is 1.85 bits per heavy atom. The van der Waals surface area contributed by atoms with Gasteiger partial charge in [-0.05, 0) is 0 Å². The van der Waals surface area contributed by atoms with E-state index in [0.717, 1.165) is 11.8 Å². The summed E-state index contributed by atoms with van der Waals surface area (Å²) < 4.78 is 1.56. The number of nitrogens with zero attached hydrogens (tertiary/aromatic N) is 2. The van der Waals surface area contributed by atoms with Gasteiger partial charge in [0, 0.05) is 13.2 Å². The molecule has 0 spiro atoms. The van der Waals surface area contributed by atoms with Gasteiger partial charge in [0.15, 0.2) is 0 Å². The van der Waals surface area contributed by atoms with Gasteiger partial charge in [-0.25, -0.2) is 0 Å². The van der Waals surface area contributed by atoms with E-state index in [1.54, 1.807) is 17.9 Å². The van der Waals surface area contributed by atoms with Crippen molar-refractivity contribution in [2.24, 2.45) is 7.05 Å². The fraction of sp³-hybridized carbons (Fsp3) is 0.333. The quantitative estimate of drug-likeness (QED) is 0.734. The maximum absolute atomic E-state index is 10.2. The number of nitrogens with two attached hydrogens (primary N) is 1. The van der Waals surface area contributed by atoms with Crippen LogP contribution in [0.3, 0.4) is 0 Å². The highest BCUT2D eigenvalue weighted by Crippen LogP contribution is 2.21. The molecule has 0 radical (unpaired) electrons. The molecule has 0 saturated carbocycles. The Hall–Kier alpha value is -0.880. The third-order valence-corrected chi connectivity index (χ3v) is 2.14. The standard InChI is InChI=1S/C6H9N3O2S.ClH/c1-9-2-4(7)6(8-9)12-3-5(10)11;/h2H,3,7H2,1H3,(H,10,11);1H. The molecule has 0 amide bonds. The second-order valence-electron chi connectivity index (χ2n) is 2.25. The summed E-state index contributed by atoms with van der Waals surface area (Å²) in [6.45, 7) is 0. The summed E-state index contributed by atoms with van der Waals surface area (Å²) in [5.41, 5.74) is 6.05. The SMILES string of the molecule is Cl.Cn1cc(N)c(SCC(=O)O)n1. The Bertz CT molecular complexity index is 302. The lowest BCUT2D eigenvalue weighted by Crippen LogP contribution is -1.98. The number of aliphatic carboxylic acids is 1. The van der Waals surface area contributed by atoms with Crippen molar-refractivity contribution in [3.05, 3.63) is 6.20 Å². The van der Waals surface area contributed by atoms with E-state index in [9.17, 15) is 4.79 Å². The summed E-state index contributed by atoms with van der Waals surface area (Å²) in [6.07, 6.45) is 1.64. The van der Waals surface area contributed by atoms with E-state index in [0.29, 0.717) is 10.7 Å². The number of rotatable bonds is 3. The summed E-state index contributed by atoms with van der Waals surface area (Å²) in [7, 11) is 1.74. The molecule has 1 rings (SSSR count). The van der Waals surface area contributed by atoms with E-state index >= 15 is 0 Å². The van der Waals surface area contributed by atoms with Crippen LogP contribution in [0.1, 0.15) is 0 Å². The number of carbonyl (C=O) groups is 1. The maximum atomic E-state index is 10.2. The van der Waals surface area contributed by atoms with Crippen molar-refractivity contribution in [2.75, 3.05) is 11.5 Å². The second kappa shape index (κ2) is 4.98. The van der Waals surface area contributed by atoms with Gasteiger partial charge in [0.1, 0.15) is 5.03 Å². The van der Waals surface area contributed by atoms with Gasteiger partial charge in [-0.15, -0.1) is 12.4 Å². The van der Waals surface area contributed by atoms with Crippen LogP contribution in [0.25, 0.3) is 0 Å². The number of halogens is 1. The number of hydrogen-bond acceptors (Lipinski definition) is 4. The number of carboxylic acids is 1. The lowest BCUT2D eigenvalue weighted by molar-refractivity contribution is -0.133. The lowest BCUT2D eigenvalue weighted by atomic mass is 10.6. The van der Waals surface area contributed by atoms with Gasteiger partial charge in [-0.2, -0.15) is 5.10 Å². The summed E-state index contributed by atoms with van der Waals surface area (Å²) in [6, 6.07) is 0. The minimum Gasteiger partial charge on any atom is -0.481 e. The number of hydrogen-bond donors (Lipinski definition) is 2. The number of carboxylic acid groups (broad SMARTS) is 1. The molecule has 1 heterocycles. The van der Waals surface area contributed by atoms with Crippen LogP contribution in [-0.2, 0) is 11.8 Å². The van der Waals surface area contributed by atoms with E-state index in [1.165, 1.54) is 0 Å². The first-order valence-corrected chi connectivity index (χ1v) is 4.22. The molecule has 13 heavy (non-hydrogen) atoms. The average Bonchev–Trinajstić information content (AvgIpc) is 2.26. The second-order valence-corrected chi connectivity index (χ2v) is 3.21. The largest absolute Gasteiger partial charge is 0.481 e. The number of aromatic nitrogens is 2. The van der Waals surface area contributed by atoms with Crippen LogP contribution in [0.2, 0.25) is 0 Å². The normalized spacial score (nSPS) is 9.31. The van der Waals surface area contributed by atoms with Gasteiger partial charge in [-0.3, -0.25) is 9.48 Å². The number of anilines is 1. The average molecular weight is 224 g/mol. The van der Waals surface area contributed by atoms with Crippen LogP contribution in [0, 0.1) is 0 Å². The molecule has 0 unspecified atom stereocenters. The van der Waals surface area contributed by atoms with Gasteiger partial charge in [0.2, 0.25) is 0 Å². The van der Waals surface area contributed by atoms with Gasteiger partial charge in [0.25, 0.3) is 0 Å². The van der Waals surface area contributed by atoms with Crippen LogP contribution in [-0.4, -0.2) is 26.6 Å². The zero-order valence-electron chi connectivity index (χ0n) is 6.93. The van der Waals surface area contributed by atoms with Crippen molar-refractivity contribution >= 4 is 35.8 Å². The molecule has 5 nitrogen and oxygen atoms in total. The highest BCUT2D eigenvalue weighted by Gasteiger charge is 2.06. The minimum atomic E-state index is -0.870. The van der Waals surface area contributed by atoms with Gasteiger partial charge in [0.05, 0.1) is 11.4 Å². The fourth-order valence-electron chi connectivity index (χ4n) is 0.729. The van der Waals surface area contributed by atoms with Gasteiger partial charge < -0.3 is 10.8 Å². The molecule has 3 N–H and O–H groups in total. The predicted molar refractivity (Wildman–Crippen MR) is 53.2 cm³/mol. The molecule has 0 atom stereocenters. The highest BCUT2D eigenvalue weighted by molar-refractivity contribution is 8.00. The summed E-state index contributed by atoms with van der Waals surface area (Å²) in [5, 5.41) is 12.9. The molecule has 0 aliphatic rings. The Balaban J connectivity index is 0.00000144. The molecule has 0 aliphatic heterocycles. The molecule has 0 aliphatic carbocycles. The van der Waals surface area contributed by atoms with Crippen molar-refractivity contribution < 1.29 is 9.90 Å². The van der Waals surface area contributed by atoms with Crippen LogP contribution < -0.4 is 5.73 Å². The first-order valence-electron chi connectivity index (χ1n) is 3.23. The molecule has 74 valence electrons. The van der Waals surface area contributed by atoms with Crippen molar-refractivity contribution in [2.45, 2.75) is 5.03 Å². The smallest absolute Gasteiger partial charge is 0.313 e. The maximum Gasteiger partial charge on any atom is 0.313 e. The third kappa shape index (κ3) is 3.56. The van der Waals surface area contributed by atoms with Crippen molar-refractivity contribution in [1.82, 2.24) is 9.78 Å². The Morgan fingerprint density at radius 3 is 2.85 bits per heavy atom. The number of aryl methyl sites for hydroxylation is 1. The van der Waals surface area contributed by atoms with E-state index < -0.39 is 5.97 Å². The first kappa shape index (κ1) is 12.1. The minimum absolute atomic E-state index is 0. The van der Waals surface area contributed by atoms with Crippen LogP contribution in [0.15, 0.2) is 11.2 Å². The van der Waals surface area contributed by atoms with Gasteiger partial charge in [-0.1, -0.05) is 11.8 Å². The molecule has 0 aromatic carbocycles. The summed E-state index contributed by atoms with van der Waals surface area (Å²) in [4.78, 5) is 10.2. The lowest BCUT2D eigenvalue weighted by Gasteiger charge is -1.92. The number of nitrogen functional groups attached to an aromatic ring is 1. The molecule has 0 saturated heterocycles. The predicted octanol–water partition coefficient (Wildman–Crippen LogP) is 0.601. The summed E-state index contributed by atoms with van der Waals surface area (Å²) >= 11 is 1.12. The Kier molecular flexibility index (Phi) is 4.64. The zero-order valence-corrected chi connectivity index (χ0v) is 8.56. The van der Waals surface area contributed by atoms with Crippen molar-refractivity contribution in [3.63, 3.8) is 0 Å². The van der Waals surface area contributed by atoms with Crippen molar-refractivity contribution in [3.8, 4) is 0 Å². The molecular formula is C6H10ClN3O2S. The highest BCUT2D eigenvalue weighted by atomic mass is 35.5. The molecule has 1 aromatic heterocycles.